The first-order valence-corrected chi connectivity index (χ1v) is 10.00. The fourth-order valence-corrected chi connectivity index (χ4v) is 3.24. The molecule has 2 heterocycles. The number of amides is 1. The van der Waals surface area contributed by atoms with E-state index in [4.69, 9.17) is 9.26 Å². The molecular formula is C23H22FN5O3. The molecule has 0 bridgehead atoms. The van der Waals surface area contributed by atoms with E-state index in [-0.39, 0.29) is 30.6 Å². The summed E-state index contributed by atoms with van der Waals surface area (Å²) in [5.74, 6) is 0.423. The van der Waals surface area contributed by atoms with E-state index in [1.807, 2.05) is 32.0 Å². The summed E-state index contributed by atoms with van der Waals surface area (Å²) in [6.45, 7) is 5.99. The van der Waals surface area contributed by atoms with Crippen molar-refractivity contribution >= 4 is 11.9 Å². The second-order valence-corrected chi connectivity index (χ2v) is 7.43. The van der Waals surface area contributed by atoms with E-state index in [1.54, 1.807) is 25.1 Å². The topological polar surface area (TPSA) is 95.1 Å². The van der Waals surface area contributed by atoms with Gasteiger partial charge in [-0.05, 0) is 38.5 Å². The van der Waals surface area contributed by atoms with Crippen LogP contribution in [-0.2, 0) is 13.2 Å². The van der Waals surface area contributed by atoms with Crippen LogP contribution in [0.1, 0.15) is 38.5 Å². The smallest absolute Gasteiger partial charge is 0.280 e. The Kier molecular flexibility index (Phi) is 5.98. The van der Waals surface area contributed by atoms with Crippen LogP contribution in [0.3, 0.4) is 0 Å². The van der Waals surface area contributed by atoms with Gasteiger partial charge in [-0.25, -0.2) is 14.1 Å². The lowest BCUT2D eigenvalue weighted by molar-refractivity contribution is 0.101. The molecule has 164 valence electrons. The van der Waals surface area contributed by atoms with E-state index in [9.17, 15) is 9.18 Å². The van der Waals surface area contributed by atoms with Crippen LogP contribution in [0.5, 0.6) is 5.75 Å². The molecular weight excluding hydrogens is 413 g/mol. The summed E-state index contributed by atoms with van der Waals surface area (Å²) < 4.78 is 26.4. The number of aryl methyl sites for hydroxylation is 3. The molecule has 0 saturated heterocycles. The summed E-state index contributed by atoms with van der Waals surface area (Å²) in [5, 5.41) is 10.6. The summed E-state index contributed by atoms with van der Waals surface area (Å²) in [4.78, 5) is 16.8. The summed E-state index contributed by atoms with van der Waals surface area (Å²) in [5.41, 5.74) is 3.23. The van der Waals surface area contributed by atoms with Gasteiger partial charge in [-0.15, -0.1) is 5.10 Å². The average Bonchev–Trinajstić information content (AvgIpc) is 3.35. The minimum Gasteiger partial charge on any atom is -0.488 e. The zero-order valence-electron chi connectivity index (χ0n) is 17.9. The fraction of sp³-hybridized carbons (Fsp3) is 0.217. The summed E-state index contributed by atoms with van der Waals surface area (Å²) in [6.07, 6.45) is 1.42. The Hall–Kier alpha value is -4.01. The van der Waals surface area contributed by atoms with Gasteiger partial charge < -0.3 is 9.26 Å². The van der Waals surface area contributed by atoms with E-state index in [1.165, 1.54) is 17.1 Å². The van der Waals surface area contributed by atoms with Crippen molar-refractivity contribution in [3.63, 3.8) is 0 Å². The van der Waals surface area contributed by atoms with Crippen LogP contribution >= 0.6 is 0 Å². The van der Waals surface area contributed by atoms with E-state index in [0.29, 0.717) is 16.9 Å². The number of nitrogens with one attached hydrogen (secondary N) is 1. The van der Waals surface area contributed by atoms with Gasteiger partial charge in [-0.2, -0.15) is 0 Å². The van der Waals surface area contributed by atoms with E-state index < -0.39 is 5.91 Å². The number of rotatable bonds is 7. The van der Waals surface area contributed by atoms with Crippen LogP contribution in [0.4, 0.5) is 10.3 Å². The molecule has 0 spiro atoms. The number of benzene rings is 2. The molecule has 0 radical (unpaired) electrons. The number of aromatic nitrogens is 4. The molecule has 2 aromatic heterocycles. The van der Waals surface area contributed by atoms with Gasteiger partial charge in [0.15, 0.2) is 5.69 Å². The molecule has 4 aromatic rings. The van der Waals surface area contributed by atoms with Gasteiger partial charge in [0.25, 0.3) is 5.91 Å². The van der Waals surface area contributed by atoms with Crippen molar-refractivity contribution in [2.45, 2.75) is 33.9 Å². The van der Waals surface area contributed by atoms with Gasteiger partial charge in [0.2, 0.25) is 5.95 Å². The van der Waals surface area contributed by atoms with Crippen molar-refractivity contribution in [2.75, 3.05) is 5.32 Å². The number of ether oxygens (including phenoxy) is 1. The Labute approximate surface area is 184 Å². The molecule has 1 amide bonds. The maximum Gasteiger partial charge on any atom is 0.280 e. The zero-order chi connectivity index (χ0) is 22.7. The first-order chi connectivity index (χ1) is 15.4. The first kappa shape index (κ1) is 21.2. The highest BCUT2D eigenvalue weighted by atomic mass is 19.1. The fourth-order valence-electron chi connectivity index (χ4n) is 3.24. The monoisotopic (exact) mass is 435 g/mol. The molecule has 0 atom stereocenters. The SMILES string of the molecule is Cc1ccc(OCc2c(C(=O)Nc3ncn(Cc4ccccc4F)n3)noc2C)c(C)c1. The molecule has 0 saturated carbocycles. The molecule has 1 N–H and O–H groups in total. The van der Waals surface area contributed by atoms with Gasteiger partial charge in [-0.1, -0.05) is 41.1 Å². The van der Waals surface area contributed by atoms with Crippen molar-refractivity contribution in [1.82, 2.24) is 19.9 Å². The van der Waals surface area contributed by atoms with Gasteiger partial charge in [0, 0.05) is 5.56 Å². The molecule has 8 nitrogen and oxygen atoms in total. The van der Waals surface area contributed by atoms with Crippen LogP contribution in [0.15, 0.2) is 53.3 Å². The third kappa shape index (κ3) is 4.66. The second-order valence-electron chi connectivity index (χ2n) is 7.43. The van der Waals surface area contributed by atoms with Crippen LogP contribution in [0.2, 0.25) is 0 Å². The predicted molar refractivity (Wildman–Crippen MR) is 115 cm³/mol. The Bertz CT molecular complexity index is 1260. The Morgan fingerprint density at radius 1 is 1.19 bits per heavy atom. The van der Waals surface area contributed by atoms with Crippen molar-refractivity contribution < 1.29 is 18.4 Å². The lowest BCUT2D eigenvalue weighted by Crippen LogP contribution is -2.16. The third-order valence-electron chi connectivity index (χ3n) is 4.95. The van der Waals surface area contributed by atoms with Crippen molar-refractivity contribution in [1.29, 1.82) is 0 Å². The van der Waals surface area contributed by atoms with Crippen molar-refractivity contribution in [2.24, 2.45) is 0 Å². The molecule has 0 aliphatic rings. The minimum atomic E-state index is -0.523. The molecule has 2 aromatic carbocycles. The number of halogens is 1. The highest BCUT2D eigenvalue weighted by Gasteiger charge is 2.22. The minimum absolute atomic E-state index is 0.0771. The van der Waals surface area contributed by atoms with Crippen LogP contribution in [-0.4, -0.2) is 25.8 Å². The molecule has 0 fully saturated rings. The predicted octanol–water partition coefficient (Wildman–Crippen LogP) is 4.21. The van der Waals surface area contributed by atoms with E-state index >= 15 is 0 Å². The quantitative estimate of drug-likeness (QED) is 0.467. The first-order valence-electron chi connectivity index (χ1n) is 10.00. The van der Waals surface area contributed by atoms with Gasteiger partial charge in [0.05, 0.1) is 12.1 Å². The van der Waals surface area contributed by atoms with Crippen LogP contribution in [0, 0.1) is 26.6 Å². The second kappa shape index (κ2) is 9.01. The Balaban J connectivity index is 1.44. The number of carbonyl (C=O) groups excluding carboxylic acids is 1. The highest BCUT2D eigenvalue weighted by molar-refractivity contribution is 6.02. The molecule has 0 unspecified atom stereocenters. The molecule has 0 aliphatic heterocycles. The third-order valence-corrected chi connectivity index (χ3v) is 4.95. The summed E-state index contributed by atoms with van der Waals surface area (Å²) in [7, 11) is 0. The lowest BCUT2D eigenvalue weighted by atomic mass is 10.1. The van der Waals surface area contributed by atoms with E-state index in [2.05, 4.69) is 20.6 Å². The highest BCUT2D eigenvalue weighted by Crippen LogP contribution is 2.22. The number of carbonyl (C=O) groups is 1. The number of hydrogen-bond donors (Lipinski definition) is 1. The summed E-state index contributed by atoms with van der Waals surface area (Å²) >= 11 is 0. The number of hydrogen-bond acceptors (Lipinski definition) is 6. The Morgan fingerprint density at radius 2 is 2.00 bits per heavy atom. The Morgan fingerprint density at radius 3 is 2.78 bits per heavy atom. The van der Waals surface area contributed by atoms with Crippen LogP contribution in [0.25, 0.3) is 0 Å². The van der Waals surface area contributed by atoms with Gasteiger partial charge >= 0.3 is 0 Å². The van der Waals surface area contributed by atoms with Crippen molar-refractivity contribution in [3.8, 4) is 5.75 Å². The summed E-state index contributed by atoms with van der Waals surface area (Å²) in [6, 6.07) is 12.3. The molecule has 9 heteroatoms. The average molecular weight is 435 g/mol. The molecule has 0 aliphatic carbocycles. The normalized spacial score (nSPS) is 10.9. The van der Waals surface area contributed by atoms with Crippen molar-refractivity contribution in [3.05, 3.63) is 88.3 Å². The zero-order valence-corrected chi connectivity index (χ0v) is 17.9. The number of nitrogens with zero attached hydrogens (tertiary/aromatic N) is 4. The molecule has 32 heavy (non-hydrogen) atoms. The van der Waals surface area contributed by atoms with Gasteiger partial charge in [-0.3, -0.25) is 10.1 Å². The molecule has 4 rings (SSSR count). The van der Waals surface area contributed by atoms with E-state index in [0.717, 1.165) is 16.9 Å². The maximum absolute atomic E-state index is 13.8. The van der Waals surface area contributed by atoms with Crippen LogP contribution < -0.4 is 10.1 Å². The van der Waals surface area contributed by atoms with Gasteiger partial charge in [0.1, 0.15) is 30.3 Å². The lowest BCUT2D eigenvalue weighted by Gasteiger charge is -2.10. The largest absolute Gasteiger partial charge is 0.488 e. The maximum atomic E-state index is 13.8. The standard InChI is InChI=1S/C23H22FN5O3/c1-14-8-9-20(15(2)10-14)31-12-18-16(3)32-28-21(18)22(30)26-23-25-13-29(27-23)11-17-6-4-5-7-19(17)24/h4-10,13H,11-12H2,1-3H3,(H,26,27,30). The number of anilines is 1.